The summed E-state index contributed by atoms with van der Waals surface area (Å²) in [6.07, 6.45) is -4.40. The smallest absolute Gasteiger partial charge is 0.416 e. The molecule has 1 atom stereocenters. The Bertz CT molecular complexity index is 423. The lowest BCUT2D eigenvalue weighted by atomic mass is 10.1. The summed E-state index contributed by atoms with van der Waals surface area (Å²) in [5, 5.41) is 8.54. The molecule has 0 unspecified atom stereocenters. The zero-order valence-corrected chi connectivity index (χ0v) is 10.1. The maximum absolute atomic E-state index is 12.6. The summed E-state index contributed by atoms with van der Waals surface area (Å²) in [5.41, 5.74) is 4.70. The monoisotopic (exact) mass is 279 g/mol. The Morgan fingerprint density at radius 3 is 2.56 bits per heavy atom. The molecule has 0 saturated heterocycles. The molecule has 0 spiro atoms. The molecule has 18 heavy (non-hydrogen) atoms. The van der Waals surface area contributed by atoms with E-state index in [2.05, 4.69) is 0 Å². The van der Waals surface area contributed by atoms with Crippen molar-refractivity contribution in [3.8, 4) is 0 Å². The van der Waals surface area contributed by atoms with Crippen molar-refractivity contribution in [2.75, 3.05) is 5.75 Å². The molecule has 0 aromatic heterocycles. The van der Waals surface area contributed by atoms with E-state index in [-0.39, 0.29) is 17.1 Å². The average molecular weight is 279 g/mol. The van der Waals surface area contributed by atoms with Crippen LogP contribution in [0.1, 0.15) is 11.1 Å². The number of carbonyl (C=O) groups is 1. The summed E-state index contributed by atoms with van der Waals surface area (Å²) in [6, 6.07) is 4.16. The van der Waals surface area contributed by atoms with Crippen LogP contribution in [0.2, 0.25) is 0 Å². The largest absolute Gasteiger partial charge is 0.480 e. The van der Waals surface area contributed by atoms with Crippen LogP contribution >= 0.6 is 11.8 Å². The second-order valence-electron chi connectivity index (χ2n) is 3.61. The average Bonchev–Trinajstić information content (AvgIpc) is 2.28. The molecular weight excluding hydrogens is 267 g/mol. The van der Waals surface area contributed by atoms with Crippen molar-refractivity contribution in [1.29, 1.82) is 0 Å². The van der Waals surface area contributed by atoms with Crippen LogP contribution in [-0.2, 0) is 16.7 Å². The second kappa shape index (κ2) is 6.10. The van der Waals surface area contributed by atoms with E-state index in [1.165, 1.54) is 18.2 Å². The highest BCUT2D eigenvalue weighted by atomic mass is 32.2. The van der Waals surface area contributed by atoms with Crippen LogP contribution in [-0.4, -0.2) is 22.9 Å². The van der Waals surface area contributed by atoms with Gasteiger partial charge in [-0.1, -0.05) is 18.2 Å². The van der Waals surface area contributed by atoms with Crippen LogP contribution in [0.5, 0.6) is 0 Å². The van der Waals surface area contributed by atoms with E-state index < -0.39 is 23.8 Å². The molecule has 1 aromatic rings. The number of aliphatic carboxylic acids is 1. The highest BCUT2D eigenvalue weighted by Gasteiger charge is 2.32. The summed E-state index contributed by atoms with van der Waals surface area (Å²) in [4.78, 5) is 10.4. The number of carboxylic acids is 1. The number of halogens is 3. The lowest BCUT2D eigenvalue weighted by Gasteiger charge is -2.12. The molecule has 1 aromatic carbocycles. The summed E-state index contributed by atoms with van der Waals surface area (Å²) in [6.45, 7) is 0. The van der Waals surface area contributed by atoms with Gasteiger partial charge in [-0.15, -0.1) is 0 Å². The maximum Gasteiger partial charge on any atom is 0.416 e. The van der Waals surface area contributed by atoms with Crippen LogP contribution in [0, 0.1) is 0 Å². The first-order chi connectivity index (χ1) is 8.32. The predicted molar refractivity (Wildman–Crippen MR) is 63.2 cm³/mol. The highest BCUT2D eigenvalue weighted by Crippen LogP contribution is 2.33. The molecule has 7 heteroatoms. The number of rotatable bonds is 5. The van der Waals surface area contributed by atoms with Gasteiger partial charge in [-0.3, -0.25) is 4.79 Å². The number of hydrogen-bond donors (Lipinski definition) is 2. The van der Waals surface area contributed by atoms with Crippen molar-refractivity contribution >= 4 is 17.7 Å². The summed E-state index contributed by atoms with van der Waals surface area (Å²) in [5.74, 6) is -1.01. The van der Waals surface area contributed by atoms with E-state index in [0.29, 0.717) is 0 Å². The molecule has 0 heterocycles. The SMILES string of the molecule is N[C@@H](CSCc1ccccc1C(F)(F)F)C(=O)O. The van der Waals surface area contributed by atoms with Crippen molar-refractivity contribution < 1.29 is 23.1 Å². The Labute approximate surface area is 106 Å². The van der Waals surface area contributed by atoms with Crippen molar-refractivity contribution in [1.82, 2.24) is 0 Å². The van der Waals surface area contributed by atoms with Gasteiger partial charge in [0, 0.05) is 11.5 Å². The van der Waals surface area contributed by atoms with Crippen LogP contribution < -0.4 is 5.73 Å². The Hall–Kier alpha value is -1.21. The lowest BCUT2D eigenvalue weighted by Crippen LogP contribution is -2.32. The number of thioether (sulfide) groups is 1. The van der Waals surface area contributed by atoms with Crippen LogP contribution in [0.3, 0.4) is 0 Å². The minimum atomic E-state index is -4.40. The maximum atomic E-state index is 12.6. The van der Waals surface area contributed by atoms with Crippen LogP contribution in [0.15, 0.2) is 24.3 Å². The zero-order chi connectivity index (χ0) is 13.8. The van der Waals surface area contributed by atoms with Gasteiger partial charge in [0.05, 0.1) is 5.56 Å². The second-order valence-corrected chi connectivity index (χ2v) is 4.65. The van der Waals surface area contributed by atoms with E-state index >= 15 is 0 Å². The molecule has 0 fully saturated rings. The molecule has 3 N–H and O–H groups in total. The molecule has 100 valence electrons. The van der Waals surface area contributed by atoms with E-state index in [4.69, 9.17) is 10.8 Å². The number of alkyl halides is 3. The molecule has 0 amide bonds. The van der Waals surface area contributed by atoms with Crippen LogP contribution in [0.4, 0.5) is 13.2 Å². The van der Waals surface area contributed by atoms with Gasteiger partial charge in [0.2, 0.25) is 0 Å². The van der Waals surface area contributed by atoms with Gasteiger partial charge in [0.25, 0.3) is 0 Å². The first-order valence-corrected chi connectivity index (χ1v) is 6.19. The first-order valence-electron chi connectivity index (χ1n) is 5.03. The third-order valence-corrected chi connectivity index (χ3v) is 3.30. The Balaban J connectivity index is 2.66. The molecule has 0 saturated carbocycles. The predicted octanol–water partition coefficient (Wildman–Crippen LogP) is 2.35. The number of benzene rings is 1. The fourth-order valence-corrected chi connectivity index (χ4v) is 2.28. The quantitative estimate of drug-likeness (QED) is 0.868. The molecule has 0 radical (unpaired) electrons. The number of hydrogen-bond acceptors (Lipinski definition) is 3. The van der Waals surface area contributed by atoms with Gasteiger partial charge in [-0.05, 0) is 11.6 Å². The van der Waals surface area contributed by atoms with E-state index in [9.17, 15) is 18.0 Å². The van der Waals surface area contributed by atoms with Crippen molar-refractivity contribution in [3.05, 3.63) is 35.4 Å². The number of carboxylic acid groups (broad SMARTS) is 1. The normalized spacial score (nSPS) is 13.3. The molecular formula is C11H12F3NO2S. The van der Waals surface area contributed by atoms with E-state index in [1.54, 1.807) is 0 Å². The molecule has 3 nitrogen and oxygen atoms in total. The Kier molecular flexibility index (Phi) is 5.03. The minimum Gasteiger partial charge on any atom is -0.480 e. The Morgan fingerprint density at radius 1 is 1.39 bits per heavy atom. The van der Waals surface area contributed by atoms with Gasteiger partial charge in [0.15, 0.2) is 0 Å². The van der Waals surface area contributed by atoms with Gasteiger partial charge in [-0.25, -0.2) is 0 Å². The summed E-state index contributed by atoms with van der Waals surface area (Å²) in [7, 11) is 0. The van der Waals surface area contributed by atoms with Crippen molar-refractivity contribution in [2.24, 2.45) is 5.73 Å². The standard InChI is InChI=1S/C11H12F3NO2S/c12-11(13,14)8-4-2-1-3-7(8)5-18-6-9(15)10(16)17/h1-4,9H,5-6,15H2,(H,16,17)/t9-/m0/s1. The molecule has 0 aliphatic carbocycles. The first kappa shape index (κ1) is 14.8. The number of nitrogens with two attached hydrogens (primary N) is 1. The van der Waals surface area contributed by atoms with Crippen LogP contribution in [0.25, 0.3) is 0 Å². The van der Waals surface area contributed by atoms with Gasteiger partial charge in [-0.2, -0.15) is 24.9 Å². The Morgan fingerprint density at radius 2 is 2.00 bits per heavy atom. The van der Waals surface area contributed by atoms with E-state index in [1.807, 2.05) is 0 Å². The van der Waals surface area contributed by atoms with Gasteiger partial charge < -0.3 is 10.8 Å². The topological polar surface area (TPSA) is 63.3 Å². The third-order valence-electron chi connectivity index (χ3n) is 2.19. The van der Waals surface area contributed by atoms with E-state index in [0.717, 1.165) is 17.8 Å². The fourth-order valence-electron chi connectivity index (χ4n) is 1.29. The van der Waals surface area contributed by atoms with Gasteiger partial charge in [0.1, 0.15) is 6.04 Å². The fraction of sp³-hybridized carbons (Fsp3) is 0.364. The summed E-state index contributed by atoms with van der Waals surface area (Å²) < 4.78 is 37.9. The van der Waals surface area contributed by atoms with Crippen molar-refractivity contribution in [2.45, 2.75) is 18.0 Å². The molecule has 0 aliphatic heterocycles. The zero-order valence-electron chi connectivity index (χ0n) is 9.28. The lowest BCUT2D eigenvalue weighted by molar-refractivity contribution is -0.139. The highest BCUT2D eigenvalue weighted by molar-refractivity contribution is 7.98. The molecule has 0 bridgehead atoms. The summed E-state index contributed by atoms with van der Waals surface area (Å²) >= 11 is 1.07. The molecule has 0 aliphatic rings. The van der Waals surface area contributed by atoms with Gasteiger partial charge >= 0.3 is 12.1 Å². The molecule has 1 rings (SSSR count). The minimum absolute atomic E-state index is 0.0710. The van der Waals surface area contributed by atoms with Crippen molar-refractivity contribution in [3.63, 3.8) is 0 Å². The third kappa shape index (κ3) is 4.23.